The van der Waals surface area contributed by atoms with Gasteiger partial charge in [-0.1, -0.05) is 5.16 Å². The monoisotopic (exact) mass is 228 g/mol. The lowest BCUT2D eigenvalue weighted by Crippen LogP contribution is -1.90. The molecule has 0 bridgehead atoms. The minimum atomic E-state index is 0.920. The van der Waals surface area contributed by atoms with Crippen LogP contribution in [0, 0.1) is 6.92 Å². The first-order valence-electron chi connectivity index (χ1n) is 3.42. The third kappa shape index (κ3) is 2.04. The van der Waals surface area contributed by atoms with Gasteiger partial charge in [0.1, 0.15) is 7.11 Å². The molecule has 64 valence electrons. The van der Waals surface area contributed by atoms with Crippen LogP contribution >= 0.6 is 15.9 Å². The first-order valence-corrected chi connectivity index (χ1v) is 4.21. The van der Waals surface area contributed by atoms with Crippen LogP contribution in [0.1, 0.15) is 11.1 Å². The smallest absolute Gasteiger partial charge is 0.106 e. The average molecular weight is 229 g/mol. The number of hydrogen-bond acceptors (Lipinski definition) is 3. The van der Waals surface area contributed by atoms with Gasteiger partial charge in [0, 0.05) is 22.4 Å². The molecule has 1 aromatic rings. The van der Waals surface area contributed by atoms with Crippen LogP contribution in [-0.2, 0) is 4.84 Å². The van der Waals surface area contributed by atoms with Gasteiger partial charge in [0.2, 0.25) is 0 Å². The van der Waals surface area contributed by atoms with Gasteiger partial charge in [-0.05, 0) is 28.4 Å². The fourth-order valence-electron chi connectivity index (χ4n) is 0.811. The van der Waals surface area contributed by atoms with Crippen LogP contribution in [0.25, 0.3) is 0 Å². The summed E-state index contributed by atoms with van der Waals surface area (Å²) >= 11 is 3.37. The summed E-state index contributed by atoms with van der Waals surface area (Å²) in [5, 5.41) is 3.68. The van der Waals surface area contributed by atoms with Crippen molar-refractivity contribution in [1.82, 2.24) is 4.98 Å². The first-order chi connectivity index (χ1) is 5.75. The highest BCUT2D eigenvalue weighted by molar-refractivity contribution is 9.10. The second-order valence-corrected chi connectivity index (χ2v) is 3.12. The number of aromatic nitrogens is 1. The van der Waals surface area contributed by atoms with Crippen molar-refractivity contribution in [2.45, 2.75) is 6.92 Å². The van der Waals surface area contributed by atoms with Gasteiger partial charge in [0.25, 0.3) is 0 Å². The van der Waals surface area contributed by atoms with Crippen molar-refractivity contribution in [2.24, 2.45) is 5.16 Å². The maximum atomic E-state index is 4.58. The number of aryl methyl sites for hydroxylation is 1. The molecular weight excluding hydrogens is 220 g/mol. The van der Waals surface area contributed by atoms with Gasteiger partial charge in [-0.2, -0.15) is 0 Å². The van der Waals surface area contributed by atoms with E-state index in [4.69, 9.17) is 0 Å². The van der Waals surface area contributed by atoms with Gasteiger partial charge in [0.15, 0.2) is 0 Å². The van der Waals surface area contributed by atoms with E-state index >= 15 is 0 Å². The molecule has 0 aliphatic rings. The summed E-state index contributed by atoms with van der Waals surface area (Å²) in [6, 6.07) is 0. The maximum Gasteiger partial charge on any atom is 0.106 e. The third-order valence-corrected chi connectivity index (χ3v) is 2.06. The normalized spacial score (nSPS) is 10.6. The number of nitrogens with zero attached hydrogens (tertiary/aromatic N) is 2. The second kappa shape index (κ2) is 4.21. The molecule has 0 saturated heterocycles. The van der Waals surface area contributed by atoms with Gasteiger partial charge in [-0.3, -0.25) is 4.98 Å². The first kappa shape index (κ1) is 9.19. The summed E-state index contributed by atoms with van der Waals surface area (Å²) < 4.78 is 0.920. The molecule has 3 nitrogen and oxygen atoms in total. The summed E-state index contributed by atoms with van der Waals surface area (Å²) in [5.41, 5.74) is 2.05. The van der Waals surface area contributed by atoms with Crippen LogP contribution < -0.4 is 0 Å². The Balaban J connectivity index is 3.04. The topological polar surface area (TPSA) is 34.5 Å². The molecule has 4 heteroatoms. The van der Waals surface area contributed by atoms with Crippen LogP contribution in [0.2, 0.25) is 0 Å². The predicted octanol–water partition coefficient (Wildman–Crippen LogP) is 2.13. The zero-order valence-electron chi connectivity index (χ0n) is 6.91. The van der Waals surface area contributed by atoms with Gasteiger partial charge < -0.3 is 4.84 Å². The molecule has 0 aliphatic carbocycles. The highest BCUT2D eigenvalue weighted by Crippen LogP contribution is 2.16. The van der Waals surface area contributed by atoms with Gasteiger partial charge >= 0.3 is 0 Å². The molecule has 0 aliphatic heterocycles. The second-order valence-electron chi connectivity index (χ2n) is 2.27. The van der Waals surface area contributed by atoms with E-state index in [1.54, 1.807) is 18.6 Å². The number of hydrogen-bond donors (Lipinski definition) is 0. The highest BCUT2D eigenvalue weighted by atomic mass is 79.9. The van der Waals surface area contributed by atoms with E-state index in [1.807, 2.05) is 6.92 Å². The van der Waals surface area contributed by atoms with Gasteiger partial charge in [-0.25, -0.2) is 0 Å². The van der Waals surface area contributed by atoms with E-state index in [-0.39, 0.29) is 0 Å². The van der Waals surface area contributed by atoms with Crippen molar-refractivity contribution < 1.29 is 4.84 Å². The maximum absolute atomic E-state index is 4.58. The van der Waals surface area contributed by atoms with E-state index in [0.29, 0.717) is 0 Å². The van der Waals surface area contributed by atoms with Gasteiger partial charge in [-0.15, -0.1) is 0 Å². The molecule has 1 rings (SSSR count). The lowest BCUT2D eigenvalue weighted by molar-refractivity contribution is 0.215. The van der Waals surface area contributed by atoms with Crippen molar-refractivity contribution in [2.75, 3.05) is 7.11 Å². The van der Waals surface area contributed by atoms with Crippen molar-refractivity contribution in [3.63, 3.8) is 0 Å². The molecule has 0 amide bonds. The quantitative estimate of drug-likeness (QED) is 0.575. The van der Waals surface area contributed by atoms with Crippen LogP contribution in [0.15, 0.2) is 22.0 Å². The van der Waals surface area contributed by atoms with Crippen molar-refractivity contribution >= 4 is 22.1 Å². The number of pyridine rings is 1. The Hall–Kier alpha value is -0.900. The third-order valence-electron chi connectivity index (χ3n) is 1.43. The largest absolute Gasteiger partial charge is 0.399 e. The minimum absolute atomic E-state index is 0.920. The molecule has 0 atom stereocenters. The Kier molecular flexibility index (Phi) is 3.22. The standard InChI is InChI=1S/C8H9BrN2O/c1-6-3-10-5-8(9)7(6)4-11-12-2/h3-5H,1-2H3. The van der Waals surface area contributed by atoms with Crippen LogP contribution in [-0.4, -0.2) is 18.3 Å². The molecular formula is C8H9BrN2O. The molecule has 1 heterocycles. The molecule has 0 saturated carbocycles. The van der Waals surface area contributed by atoms with E-state index in [9.17, 15) is 0 Å². The number of rotatable bonds is 2. The molecule has 0 N–H and O–H groups in total. The highest BCUT2D eigenvalue weighted by Gasteiger charge is 1.99. The molecule has 12 heavy (non-hydrogen) atoms. The molecule has 0 aromatic carbocycles. The van der Waals surface area contributed by atoms with Crippen LogP contribution in [0.5, 0.6) is 0 Å². The van der Waals surface area contributed by atoms with Crippen molar-refractivity contribution in [3.05, 3.63) is 28.0 Å². The number of halogens is 1. The Morgan fingerprint density at radius 3 is 2.92 bits per heavy atom. The van der Waals surface area contributed by atoms with Crippen LogP contribution in [0.3, 0.4) is 0 Å². The van der Waals surface area contributed by atoms with E-state index < -0.39 is 0 Å². The molecule has 1 aromatic heterocycles. The fourth-order valence-corrected chi connectivity index (χ4v) is 1.34. The fraction of sp³-hybridized carbons (Fsp3) is 0.250. The zero-order chi connectivity index (χ0) is 8.97. The van der Waals surface area contributed by atoms with Gasteiger partial charge in [0.05, 0.1) is 6.21 Å². The van der Waals surface area contributed by atoms with Crippen molar-refractivity contribution in [3.8, 4) is 0 Å². The Morgan fingerprint density at radius 1 is 1.58 bits per heavy atom. The molecule has 0 spiro atoms. The van der Waals surface area contributed by atoms with E-state index in [0.717, 1.165) is 15.6 Å². The summed E-state index contributed by atoms with van der Waals surface area (Å²) in [4.78, 5) is 8.59. The molecule has 0 unspecified atom stereocenters. The van der Waals surface area contributed by atoms with E-state index in [1.165, 1.54) is 7.11 Å². The lowest BCUT2D eigenvalue weighted by atomic mass is 10.2. The summed E-state index contributed by atoms with van der Waals surface area (Å²) in [7, 11) is 1.51. The van der Waals surface area contributed by atoms with Crippen LogP contribution in [0.4, 0.5) is 0 Å². The number of oxime groups is 1. The Labute approximate surface area is 79.6 Å². The lowest BCUT2D eigenvalue weighted by Gasteiger charge is -2.00. The summed E-state index contributed by atoms with van der Waals surface area (Å²) in [5.74, 6) is 0. The average Bonchev–Trinajstić information content (AvgIpc) is 2.04. The zero-order valence-corrected chi connectivity index (χ0v) is 8.50. The predicted molar refractivity (Wildman–Crippen MR) is 51.3 cm³/mol. The Bertz CT molecular complexity index is 279. The minimum Gasteiger partial charge on any atom is -0.399 e. The SMILES string of the molecule is CON=Cc1c(C)cncc1Br. The Morgan fingerprint density at radius 2 is 2.33 bits per heavy atom. The molecule has 0 fully saturated rings. The van der Waals surface area contributed by atoms with Crippen molar-refractivity contribution in [1.29, 1.82) is 0 Å². The summed E-state index contributed by atoms with van der Waals surface area (Å²) in [6.45, 7) is 1.97. The van der Waals surface area contributed by atoms with E-state index in [2.05, 4.69) is 30.9 Å². The summed E-state index contributed by atoms with van der Waals surface area (Å²) in [6.07, 6.45) is 5.16. The molecule has 0 radical (unpaired) electrons.